The van der Waals surface area contributed by atoms with Crippen molar-refractivity contribution in [3.8, 4) is 11.5 Å². The Labute approximate surface area is 162 Å². The van der Waals surface area contributed by atoms with Crippen LogP contribution in [-0.2, 0) is 4.74 Å². The molecule has 1 N–H and O–H groups in total. The first-order chi connectivity index (χ1) is 13.5. The van der Waals surface area contributed by atoms with Gasteiger partial charge in [-0.05, 0) is 18.2 Å². The van der Waals surface area contributed by atoms with E-state index in [1.807, 2.05) is 18.2 Å². The van der Waals surface area contributed by atoms with Gasteiger partial charge in [-0.15, -0.1) is 0 Å². The van der Waals surface area contributed by atoms with Gasteiger partial charge in [0.05, 0.1) is 38.4 Å². The summed E-state index contributed by atoms with van der Waals surface area (Å²) in [6, 6.07) is 9.81. The number of nitro groups is 1. The van der Waals surface area contributed by atoms with Gasteiger partial charge in [0.25, 0.3) is 11.6 Å². The molecule has 0 aromatic heterocycles. The van der Waals surface area contributed by atoms with Gasteiger partial charge in [0.1, 0.15) is 5.56 Å². The van der Waals surface area contributed by atoms with Crippen LogP contribution in [0, 0.1) is 10.1 Å². The van der Waals surface area contributed by atoms with Crippen molar-refractivity contribution in [3.63, 3.8) is 0 Å². The van der Waals surface area contributed by atoms with E-state index in [9.17, 15) is 14.9 Å². The largest absolute Gasteiger partial charge is 0.493 e. The van der Waals surface area contributed by atoms with Crippen molar-refractivity contribution in [2.24, 2.45) is 0 Å². The first-order valence-corrected chi connectivity index (χ1v) is 8.68. The lowest BCUT2D eigenvalue weighted by atomic mass is 10.1. The molecule has 0 aliphatic carbocycles. The first kappa shape index (κ1) is 19.4. The number of morpholine rings is 1. The maximum Gasteiger partial charge on any atom is 0.286 e. The minimum Gasteiger partial charge on any atom is -0.493 e. The lowest BCUT2D eigenvalue weighted by molar-refractivity contribution is -0.385. The molecule has 0 radical (unpaired) electrons. The summed E-state index contributed by atoms with van der Waals surface area (Å²) < 4.78 is 15.6. The predicted molar refractivity (Wildman–Crippen MR) is 104 cm³/mol. The Hall–Kier alpha value is -3.33. The SMILES string of the molecule is COc1cc(C(=O)Nc2cccc(N3CCOCC3)c2)c([N+](=O)[O-])cc1OC. The number of hydrogen-bond donors (Lipinski definition) is 1. The fourth-order valence-corrected chi connectivity index (χ4v) is 3.00. The molecule has 1 heterocycles. The highest BCUT2D eigenvalue weighted by molar-refractivity contribution is 6.07. The van der Waals surface area contributed by atoms with Crippen molar-refractivity contribution in [2.45, 2.75) is 0 Å². The van der Waals surface area contributed by atoms with Crippen molar-refractivity contribution in [1.82, 2.24) is 0 Å². The summed E-state index contributed by atoms with van der Waals surface area (Å²) in [5, 5.41) is 14.1. The summed E-state index contributed by atoms with van der Waals surface area (Å²) in [7, 11) is 2.77. The van der Waals surface area contributed by atoms with E-state index in [0.29, 0.717) is 18.9 Å². The molecule has 1 saturated heterocycles. The number of ether oxygens (including phenoxy) is 3. The van der Waals surface area contributed by atoms with E-state index in [4.69, 9.17) is 14.2 Å². The van der Waals surface area contributed by atoms with Crippen LogP contribution >= 0.6 is 0 Å². The minimum absolute atomic E-state index is 0.112. The molecule has 1 amide bonds. The highest BCUT2D eigenvalue weighted by Gasteiger charge is 2.25. The summed E-state index contributed by atoms with van der Waals surface area (Å²) in [6.07, 6.45) is 0. The van der Waals surface area contributed by atoms with Gasteiger partial charge in [-0.3, -0.25) is 14.9 Å². The van der Waals surface area contributed by atoms with Crippen molar-refractivity contribution in [1.29, 1.82) is 0 Å². The number of nitro benzene ring substituents is 1. The number of nitrogens with zero attached hydrogens (tertiary/aromatic N) is 2. The lowest BCUT2D eigenvalue weighted by Crippen LogP contribution is -2.36. The van der Waals surface area contributed by atoms with Crippen LogP contribution in [0.5, 0.6) is 11.5 Å². The Balaban J connectivity index is 1.87. The van der Waals surface area contributed by atoms with Crippen LogP contribution in [0.2, 0.25) is 0 Å². The Morgan fingerprint density at radius 1 is 1.14 bits per heavy atom. The van der Waals surface area contributed by atoms with E-state index < -0.39 is 10.8 Å². The van der Waals surface area contributed by atoms with E-state index in [1.54, 1.807) is 6.07 Å². The molecule has 9 heteroatoms. The van der Waals surface area contributed by atoms with E-state index >= 15 is 0 Å². The van der Waals surface area contributed by atoms with E-state index in [-0.39, 0.29) is 22.7 Å². The van der Waals surface area contributed by atoms with Crippen LogP contribution in [0.1, 0.15) is 10.4 Å². The second-order valence-corrected chi connectivity index (χ2v) is 6.09. The summed E-state index contributed by atoms with van der Waals surface area (Å²) >= 11 is 0. The molecule has 1 aliphatic heterocycles. The van der Waals surface area contributed by atoms with Gasteiger partial charge >= 0.3 is 0 Å². The van der Waals surface area contributed by atoms with Crippen LogP contribution in [-0.4, -0.2) is 51.4 Å². The predicted octanol–water partition coefficient (Wildman–Crippen LogP) is 2.70. The van der Waals surface area contributed by atoms with Crippen LogP contribution in [0.3, 0.4) is 0 Å². The van der Waals surface area contributed by atoms with E-state index in [2.05, 4.69) is 10.2 Å². The summed E-state index contributed by atoms with van der Waals surface area (Å²) in [4.78, 5) is 25.7. The van der Waals surface area contributed by atoms with Crippen molar-refractivity contribution in [3.05, 3.63) is 52.1 Å². The molecule has 0 unspecified atom stereocenters. The number of nitrogens with one attached hydrogen (secondary N) is 1. The molecule has 28 heavy (non-hydrogen) atoms. The maximum atomic E-state index is 12.7. The Bertz CT molecular complexity index is 880. The third kappa shape index (κ3) is 4.15. The number of rotatable bonds is 6. The highest BCUT2D eigenvalue weighted by Crippen LogP contribution is 2.35. The molecule has 1 fully saturated rings. The Morgan fingerprint density at radius 2 is 1.82 bits per heavy atom. The number of hydrogen-bond acceptors (Lipinski definition) is 7. The van der Waals surface area contributed by atoms with Crippen molar-refractivity contribution < 1.29 is 23.9 Å². The van der Waals surface area contributed by atoms with Gasteiger partial charge in [0.2, 0.25) is 0 Å². The number of carbonyl (C=O) groups excluding carboxylic acids is 1. The van der Waals surface area contributed by atoms with Crippen LogP contribution in [0.25, 0.3) is 0 Å². The zero-order valence-corrected chi connectivity index (χ0v) is 15.6. The topological polar surface area (TPSA) is 103 Å². The summed E-state index contributed by atoms with van der Waals surface area (Å²) in [5.74, 6) is -0.188. The molecule has 0 bridgehead atoms. The molecule has 1 aliphatic rings. The van der Waals surface area contributed by atoms with Crippen LogP contribution < -0.4 is 19.7 Å². The quantitative estimate of drug-likeness (QED) is 0.600. The standard InChI is InChI=1S/C19H21N3O6/c1-26-17-11-15(16(22(24)25)12-18(17)27-2)19(23)20-13-4-3-5-14(10-13)21-6-8-28-9-7-21/h3-5,10-12H,6-9H2,1-2H3,(H,20,23). The second-order valence-electron chi connectivity index (χ2n) is 6.09. The number of benzene rings is 2. The maximum absolute atomic E-state index is 12.7. The third-order valence-corrected chi connectivity index (χ3v) is 4.42. The zero-order chi connectivity index (χ0) is 20.1. The van der Waals surface area contributed by atoms with Crippen molar-refractivity contribution >= 4 is 23.0 Å². The van der Waals surface area contributed by atoms with Gasteiger partial charge in [0, 0.05) is 30.5 Å². The van der Waals surface area contributed by atoms with Gasteiger partial charge in [-0.1, -0.05) is 6.07 Å². The van der Waals surface area contributed by atoms with E-state index in [0.717, 1.165) is 18.8 Å². The molecule has 0 saturated carbocycles. The fraction of sp³-hybridized carbons (Fsp3) is 0.316. The van der Waals surface area contributed by atoms with Gasteiger partial charge in [0.15, 0.2) is 11.5 Å². The molecule has 2 aromatic rings. The second kappa shape index (κ2) is 8.57. The average molecular weight is 387 g/mol. The smallest absolute Gasteiger partial charge is 0.286 e. The molecule has 2 aromatic carbocycles. The van der Waals surface area contributed by atoms with Gasteiger partial charge in [-0.2, -0.15) is 0 Å². The van der Waals surface area contributed by atoms with Gasteiger partial charge in [-0.25, -0.2) is 0 Å². The summed E-state index contributed by atoms with van der Waals surface area (Å²) in [6.45, 7) is 2.82. The van der Waals surface area contributed by atoms with Crippen molar-refractivity contribution in [2.75, 3.05) is 50.7 Å². The normalized spacial score (nSPS) is 13.7. The Kier molecular flexibility index (Phi) is 5.95. The van der Waals surface area contributed by atoms with Crippen LogP contribution in [0.15, 0.2) is 36.4 Å². The molecule has 3 rings (SSSR count). The highest BCUT2D eigenvalue weighted by atomic mass is 16.6. The molecule has 0 spiro atoms. The summed E-state index contributed by atoms with van der Waals surface area (Å²) in [5.41, 5.74) is 1.01. The Morgan fingerprint density at radius 3 is 2.46 bits per heavy atom. The number of carbonyl (C=O) groups is 1. The molecule has 0 atom stereocenters. The monoisotopic (exact) mass is 387 g/mol. The first-order valence-electron chi connectivity index (χ1n) is 8.68. The average Bonchev–Trinajstić information content (AvgIpc) is 2.73. The van der Waals surface area contributed by atoms with Crippen LogP contribution in [0.4, 0.5) is 17.1 Å². The zero-order valence-electron chi connectivity index (χ0n) is 15.6. The lowest BCUT2D eigenvalue weighted by Gasteiger charge is -2.29. The molecule has 148 valence electrons. The number of methoxy groups -OCH3 is 2. The number of amides is 1. The fourth-order valence-electron chi connectivity index (χ4n) is 3.00. The third-order valence-electron chi connectivity index (χ3n) is 4.42. The molecule has 9 nitrogen and oxygen atoms in total. The minimum atomic E-state index is -0.624. The molecular weight excluding hydrogens is 366 g/mol. The molecular formula is C19H21N3O6. The van der Waals surface area contributed by atoms with E-state index in [1.165, 1.54) is 26.4 Å². The van der Waals surface area contributed by atoms with Gasteiger partial charge < -0.3 is 24.4 Å². The number of anilines is 2.